The van der Waals surface area contributed by atoms with Crippen LogP contribution in [0.2, 0.25) is 5.02 Å². The Balaban J connectivity index is 2.77. The molecule has 0 N–H and O–H groups in total. The van der Waals surface area contributed by atoms with Crippen LogP contribution in [0.1, 0.15) is 0 Å². The van der Waals surface area contributed by atoms with Crippen LogP contribution < -0.4 is 0 Å². The van der Waals surface area contributed by atoms with Gasteiger partial charge in [-0.3, -0.25) is 10.1 Å². The van der Waals surface area contributed by atoms with Gasteiger partial charge in [-0.05, 0) is 0 Å². The predicted octanol–water partition coefficient (Wildman–Crippen LogP) is 2.11. The summed E-state index contributed by atoms with van der Waals surface area (Å²) in [6, 6.07) is 0.376. The van der Waals surface area contributed by atoms with E-state index in [1.165, 1.54) is 0 Å². The van der Waals surface area contributed by atoms with E-state index in [4.69, 9.17) is 11.6 Å². The number of hydrogen-bond donors (Lipinski definition) is 0. The highest BCUT2D eigenvalue weighted by atomic mass is 35.5. The Labute approximate surface area is 97.6 Å². The molecule has 0 spiro atoms. The second-order valence-corrected chi connectivity index (χ2v) is 3.33. The van der Waals surface area contributed by atoms with Gasteiger partial charge in [-0.2, -0.15) is 9.49 Å². The van der Waals surface area contributed by atoms with Crippen molar-refractivity contribution in [3.8, 4) is 5.69 Å². The van der Waals surface area contributed by atoms with Crippen molar-refractivity contribution in [2.24, 2.45) is 0 Å². The Morgan fingerprint density at radius 3 is 2.65 bits per heavy atom. The third-order valence-corrected chi connectivity index (χ3v) is 2.31. The van der Waals surface area contributed by atoms with Gasteiger partial charge in [0.05, 0.1) is 4.92 Å². The minimum Gasteiger partial charge on any atom is -0.258 e. The Bertz CT molecular complexity index is 588. The van der Waals surface area contributed by atoms with E-state index in [1.54, 1.807) is 0 Å². The van der Waals surface area contributed by atoms with Crippen LogP contribution in [0.5, 0.6) is 0 Å². The molecule has 88 valence electrons. The molecule has 0 unspecified atom stereocenters. The van der Waals surface area contributed by atoms with Crippen molar-refractivity contribution < 1.29 is 13.7 Å². The molecule has 0 radical (unpaired) electrons. The number of halogens is 3. The van der Waals surface area contributed by atoms with Crippen molar-refractivity contribution in [2.45, 2.75) is 0 Å². The Morgan fingerprint density at radius 2 is 2.12 bits per heavy atom. The summed E-state index contributed by atoms with van der Waals surface area (Å²) in [7, 11) is 0. The van der Waals surface area contributed by atoms with E-state index in [0.717, 1.165) is 17.3 Å². The summed E-state index contributed by atoms with van der Waals surface area (Å²) in [5, 5.41) is 13.5. The number of aromatic nitrogens is 3. The van der Waals surface area contributed by atoms with Gasteiger partial charge in [-0.1, -0.05) is 11.6 Å². The summed E-state index contributed by atoms with van der Waals surface area (Å²) in [5.41, 5.74) is -1.42. The summed E-state index contributed by atoms with van der Waals surface area (Å²) >= 11 is 5.60. The maximum absolute atomic E-state index is 13.5. The summed E-state index contributed by atoms with van der Waals surface area (Å²) in [6.45, 7) is 0. The lowest BCUT2D eigenvalue weighted by Crippen LogP contribution is -2.04. The molecule has 6 nitrogen and oxygen atoms in total. The van der Waals surface area contributed by atoms with Crippen molar-refractivity contribution in [3.63, 3.8) is 0 Å². The molecule has 0 saturated carbocycles. The number of benzene rings is 1. The number of rotatable bonds is 2. The van der Waals surface area contributed by atoms with E-state index >= 15 is 0 Å². The van der Waals surface area contributed by atoms with Crippen LogP contribution in [0.4, 0.5) is 14.5 Å². The predicted molar refractivity (Wildman–Crippen MR) is 52.9 cm³/mol. The van der Waals surface area contributed by atoms with Gasteiger partial charge in [0.15, 0.2) is 10.8 Å². The highest BCUT2D eigenvalue weighted by Crippen LogP contribution is 2.34. The molecule has 0 saturated heterocycles. The first-order valence-electron chi connectivity index (χ1n) is 4.19. The molecule has 2 rings (SSSR count). The first kappa shape index (κ1) is 11.4. The summed E-state index contributed by atoms with van der Waals surface area (Å²) < 4.78 is 27.5. The lowest BCUT2D eigenvalue weighted by atomic mass is 10.2. The topological polar surface area (TPSA) is 73.8 Å². The normalized spacial score (nSPS) is 10.5. The van der Waals surface area contributed by atoms with E-state index in [1.807, 2.05) is 0 Å². The van der Waals surface area contributed by atoms with Gasteiger partial charge >= 0.3 is 5.69 Å². The monoisotopic (exact) mass is 260 g/mol. The largest absolute Gasteiger partial charge is 0.325 e. The van der Waals surface area contributed by atoms with Crippen molar-refractivity contribution in [2.75, 3.05) is 0 Å². The maximum atomic E-state index is 13.5. The summed E-state index contributed by atoms with van der Waals surface area (Å²) in [5.74, 6) is -2.41. The lowest BCUT2D eigenvalue weighted by Gasteiger charge is -2.06. The van der Waals surface area contributed by atoms with E-state index in [0.29, 0.717) is 6.07 Å². The zero-order valence-corrected chi connectivity index (χ0v) is 8.73. The fourth-order valence-electron chi connectivity index (χ4n) is 1.27. The molecule has 17 heavy (non-hydrogen) atoms. The molecule has 0 aliphatic rings. The van der Waals surface area contributed by atoms with Crippen molar-refractivity contribution in [1.82, 2.24) is 14.8 Å². The second-order valence-electron chi connectivity index (χ2n) is 2.95. The van der Waals surface area contributed by atoms with E-state index in [2.05, 4.69) is 10.1 Å². The summed E-state index contributed by atoms with van der Waals surface area (Å²) in [6.07, 6.45) is 2.18. The molecule has 0 bridgehead atoms. The minimum absolute atomic E-state index is 0.376. The van der Waals surface area contributed by atoms with Gasteiger partial charge in [-0.15, -0.1) is 0 Å². The first-order chi connectivity index (χ1) is 8.02. The van der Waals surface area contributed by atoms with E-state index in [9.17, 15) is 18.9 Å². The van der Waals surface area contributed by atoms with E-state index in [-0.39, 0.29) is 0 Å². The molecular formula is C8H3ClF2N4O2. The maximum Gasteiger partial charge on any atom is 0.325 e. The average molecular weight is 261 g/mol. The lowest BCUT2D eigenvalue weighted by molar-refractivity contribution is -0.387. The van der Waals surface area contributed by atoms with Gasteiger partial charge in [-0.25, -0.2) is 14.1 Å². The molecule has 9 heteroatoms. The van der Waals surface area contributed by atoms with Crippen LogP contribution in [0.15, 0.2) is 18.7 Å². The molecule has 0 atom stereocenters. The van der Waals surface area contributed by atoms with Crippen molar-refractivity contribution in [3.05, 3.63) is 45.5 Å². The summed E-state index contributed by atoms with van der Waals surface area (Å²) in [4.78, 5) is 13.1. The number of nitrogens with zero attached hydrogens (tertiary/aromatic N) is 4. The van der Waals surface area contributed by atoms with Gasteiger partial charge in [0, 0.05) is 6.07 Å². The standard InChI is InChI=1S/C8H3ClF2N4O2/c9-6-7(14-3-12-2-13-14)4(10)1-5(11)8(6)15(16)17/h1-3H. The Kier molecular flexibility index (Phi) is 2.72. The minimum atomic E-state index is -1.35. The van der Waals surface area contributed by atoms with Gasteiger partial charge in [0.25, 0.3) is 0 Å². The molecule has 1 heterocycles. The Morgan fingerprint density at radius 1 is 1.41 bits per heavy atom. The second kappa shape index (κ2) is 4.06. The molecule has 0 aliphatic heterocycles. The highest BCUT2D eigenvalue weighted by molar-refractivity contribution is 6.34. The molecule has 1 aromatic carbocycles. The van der Waals surface area contributed by atoms with Gasteiger partial charge in [0.1, 0.15) is 18.3 Å². The first-order valence-corrected chi connectivity index (χ1v) is 4.57. The fourth-order valence-corrected chi connectivity index (χ4v) is 1.61. The number of nitro groups is 1. The van der Waals surface area contributed by atoms with Gasteiger partial charge < -0.3 is 0 Å². The van der Waals surface area contributed by atoms with Gasteiger partial charge in [0.2, 0.25) is 5.82 Å². The quantitative estimate of drug-likeness (QED) is 0.612. The third kappa shape index (κ3) is 1.82. The molecule has 0 fully saturated rings. The molecule has 2 aromatic rings. The average Bonchev–Trinajstić information content (AvgIpc) is 2.69. The van der Waals surface area contributed by atoms with Crippen LogP contribution in [0.25, 0.3) is 5.69 Å². The SMILES string of the molecule is O=[N+]([O-])c1c(F)cc(F)c(-n2cncn2)c1Cl. The van der Waals surface area contributed by atoms with Crippen LogP contribution in [-0.2, 0) is 0 Å². The zero-order chi connectivity index (χ0) is 12.6. The molecular weight excluding hydrogens is 258 g/mol. The number of hydrogen-bond acceptors (Lipinski definition) is 4. The van der Waals surface area contributed by atoms with Crippen molar-refractivity contribution in [1.29, 1.82) is 0 Å². The molecule has 0 aliphatic carbocycles. The fraction of sp³-hybridized carbons (Fsp3) is 0. The molecule has 1 aromatic heterocycles. The number of nitro benzene ring substituents is 1. The smallest absolute Gasteiger partial charge is 0.258 e. The van der Waals surface area contributed by atoms with E-state index < -0.39 is 33.0 Å². The van der Waals surface area contributed by atoms with Crippen molar-refractivity contribution >= 4 is 17.3 Å². The van der Waals surface area contributed by atoms with Crippen LogP contribution in [0, 0.1) is 21.7 Å². The van der Waals surface area contributed by atoms with Crippen LogP contribution in [0.3, 0.4) is 0 Å². The Hall–Kier alpha value is -2.09. The van der Waals surface area contributed by atoms with Crippen LogP contribution >= 0.6 is 11.6 Å². The third-order valence-electron chi connectivity index (χ3n) is 1.95. The highest BCUT2D eigenvalue weighted by Gasteiger charge is 2.27. The van der Waals surface area contributed by atoms with Crippen LogP contribution in [-0.4, -0.2) is 19.7 Å². The molecule has 0 amide bonds. The zero-order valence-electron chi connectivity index (χ0n) is 7.97.